The van der Waals surface area contributed by atoms with E-state index in [2.05, 4.69) is 13.8 Å². The van der Waals surface area contributed by atoms with E-state index in [0.29, 0.717) is 0 Å². The molecule has 0 heterocycles. The molecule has 0 fully saturated rings. The van der Waals surface area contributed by atoms with Crippen LogP contribution in [-0.4, -0.2) is 44.4 Å². The van der Waals surface area contributed by atoms with Crippen molar-refractivity contribution in [2.75, 3.05) is 34.0 Å². The Morgan fingerprint density at radius 1 is 0.964 bits per heavy atom. The Balaban J connectivity index is 0. The lowest BCUT2D eigenvalue weighted by Crippen LogP contribution is -2.46. The number of benzene rings is 1. The van der Waals surface area contributed by atoms with E-state index in [0.717, 1.165) is 0 Å². The minimum absolute atomic E-state index is 0. The molecule has 0 aliphatic carbocycles. The number of phosphoric acid groups is 1. The Morgan fingerprint density at radius 3 is 1.82 bits per heavy atom. The molecule has 0 bridgehead atoms. The van der Waals surface area contributed by atoms with Crippen LogP contribution in [0.5, 0.6) is 5.75 Å². The van der Waals surface area contributed by atoms with Crippen molar-refractivity contribution in [3.8, 4) is 5.75 Å². The summed E-state index contributed by atoms with van der Waals surface area (Å²) >= 11 is 0. The maximum Gasteiger partial charge on any atom is 0.367 e. The van der Waals surface area contributed by atoms with E-state index in [1.807, 2.05) is 0 Å². The smallest absolute Gasteiger partial charge is 0.367 e. The summed E-state index contributed by atoms with van der Waals surface area (Å²) in [7, 11) is -2.04. The minimum Gasteiger partial charge on any atom is -0.756 e. The normalized spacial score (nSPS) is 13.2. The summed E-state index contributed by atoms with van der Waals surface area (Å²) in [6.07, 6.45) is 0. The maximum atomic E-state index is 13.5. The van der Waals surface area contributed by atoms with E-state index in [-0.39, 0.29) is 21.5 Å². The fourth-order valence-electron chi connectivity index (χ4n) is 1.64. The Morgan fingerprint density at radius 2 is 1.39 bits per heavy atom. The molecule has 0 radical (unpaired) electrons. The summed E-state index contributed by atoms with van der Waals surface area (Å²) < 4.78 is 89.8. The molecule has 1 atom stereocenters. The lowest BCUT2D eigenvalue weighted by Gasteiger charge is -2.31. The second-order valence-electron chi connectivity index (χ2n) is 5.59. The highest BCUT2D eigenvalue weighted by molar-refractivity contribution is 7.45. The number of esters is 1. The molecule has 28 heavy (non-hydrogen) atoms. The molecule has 1 rings (SSSR count). The second-order valence-corrected chi connectivity index (χ2v) is 7.00. The van der Waals surface area contributed by atoms with Gasteiger partial charge in [0.05, 0.1) is 20.7 Å². The van der Waals surface area contributed by atoms with Crippen LogP contribution in [-0.2, 0) is 18.4 Å². The summed E-state index contributed by atoms with van der Waals surface area (Å²) in [5.41, 5.74) is 0. The van der Waals surface area contributed by atoms with E-state index in [9.17, 15) is 36.2 Å². The number of rotatable bonds is 8. The summed E-state index contributed by atoms with van der Waals surface area (Å²) in [6.45, 7) is -0.121. The van der Waals surface area contributed by atoms with Gasteiger partial charge in [-0.05, 0) is 6.92 Å². The number of quaternary nitrogens is 1. The molecule has 0 saturated heterocycles. The standard InChI is InChI=1S/C13H15F5NO6P.2CH4/c1-4-23-26(21,22)24-6-19(2,3)5-7(20)25-13-11(17)9(15)8(14)10(16)12(13)18;;/h4-6H2,1-3H3;2*1H4. The van der Waals surface area contributed by atoms with Crippen LogP contribution in [0, 0.1) is 29.1 Å². The van der Waals surface area contributed by atoms with Crippen molar-refractivity contribution < 1.29 is 54.5 Å². The molecule has 0 aliphatic rings. The van der Waals surface area contributed by atoms with Crippen molar-refractivity contribution in [2.45, 2.75) is 21.8 Å². The molecule has 0 aliphatic heterocycles. The summed E-state index contributed by atoms with van der Waals surface area (Å²) in [4.78, 5) is 23.0. The molecule has 0 N–H and O–H groups in total. The van der Waals surface area contributed by atoms with E-state index >= 15 is 0 Å². The van der Waals surface area contributed by atoms with Crippen molar-refractivity contribution in [1.82, 2.24) is 0 Å². The predicted molar refractivity (Wildman–Crippen MR) is 87.5 cm³/mol. The predicted octanol–water partition coefficient (Wildman–Crippen LogP) is 3.12. The third-order valence-corrected chi connectivity index (χ3v) is 3.80. The van der Waals surface area contributed by atoms with Gasteiger partial charge in [-0.1, -0.05) is 14.9 Å². The number of phosphoric ester groups is 1. The summed E-state index contributed by atoms with van der Waals surface area (Å²) in [5, 5.41) is 0. The number of hydrogen-bond donors (Lipinski definition) is 0. The topological polar surface area (TPSA) is 84.9 Å². The number of carbonyl (C=O) groups excluding carboxylic acids is 1. The molecule has 1 aromatic rings. The lowest BCUT2D eigenvalue weighted by molar-refractivity contribution is -0.899. The first kappa shape index (κ1) is 28.6. The van der Waals surface area contributed by atoms with Crippen LogP contribution in [0.3, 0.4) is 0 Å². The number of hydrogen-bond acceptors (Lipinski definition) is 6. The van der Waals surface area contributed by atoms with Crippen LogP contribution in [0.1, 0.15) is 21.8 Å². The second kappa shape index (κ2) is 10.8. The first-order valence-electron chi connectivity index (χ1n) is 6.95. The molecule has 0 amide bonds. The van der Waals surface area contributed by atoms with Gasteiger partial charge in [0.2, 0.25) is 34.8 Å². The maximum absolute atomic E-state index is 13.5. The van der Waals surface area contributed by atoms with E-state index in [1.165, 1.54) is 21.0 Å². The molecule has 1 unspecified atom stereocenters. The van der Waals surface area contributed by atoms with Crippen LogP contribution in [0.2, 0.25) is 0 Å². The molecule has 1 aromatic carbocycles. The van der Waals surface area contributed by atoms with Gasteiger partial charge in [0.25, 0.3) is 7.82 Å². The first-order valence-corrected chi connectivity index (χ1v) is 8.41. The Labute approximate surface area is 159 Å². The third kappa shape index (κ3) is 7.44. The van der Waals surface area contributed by atoms with Crippen molar-refractivity contribution in [2.24, 2.45) is 0 Å². The number of nitrogens with zero attached hydrogens (tertiary/aromatic N) is 1. The van der Waals surface area contributed by atoms with E-state index in [4.69, 9.17) is 0 Å². The average molecular weight is 439 g/mol. The van der Waals surface area contributed by atoms with Gasteiger partial charge in [-0.15, -0.1) is 0 Å². The molecule has 0 saturated carbocycles. The van der Waals surface area contributed by atoms with Crippen LogP contribution in [0.25, 0.3) is 0 Å². The highest BCUT2D eigenvalue weighted by Crippen LogP contribution is 2.38. The zero-order valence-electron chi connectivity index (χ0n) is 13.9. The van der Waals surface area contributed by atoms with Gasteiger partial charge in [0, 0.05) is 0 Å². The first-order chi connectivity index (χ1) is 11.8. The molecule has 7 nitrogen and oxygen atoms in total. The van der Waals surface area contributed by atoms with Crippen LogP contribution in [0.4, 0.5) is 22.0 Å². The van der Waals surface area contributed by atoms with Crippen molar-refractivity contribution in [3.63, 3.8) is 0 Å². The quantitative estimate of drug-likeness (QED) is 0.0905. The van der Waals surface area contributed by atoms with E-state index < -0.39 is 66.4 Å². The van der Waals surface area contributed by atoms with E-state index in [1.54, 1.807) is 0 Å². The van der Waals surface area contributed by atoms with Gasteiger partial charge in [-0.2, -0.15) is 8.78 Å². The van der Waals surface area contributed by atoms with Gasteiger partial charge >= 0.3 is 5.97 Å². The molecule has 0 aromatic heterocycles. The van der Waals surface area contributed by atoms with Gasteiger partial charge < -0.3 is 14.2 Å². The molecular formula is C15H23F5NO6P. The fourth-order valence-corrected chi connectivity index (χ4v) is 2.48. The molecule has 13 heteroatoms. The SMILES string of the molecule is C.C.CCOP(=O)([O-])OC[N+](C)(C)CC(=O)Oc1c(F)c(F)c(F)c(F)c1F. The molecule has 164 valence electrons. The van der Waals surface area contributed by atoms with Gasteiger partial charge in [-0.25, -0.2) is 18.0 Å². The zero-order chi connectivity index (χ0) is 20.3. The monoisotopic (exact) mass is 439 g/mol. The average Bonchev–Trinajstić information content (AvgIpc) is 2.53. The van der Waals surface area contributed by atoms with Crippen molar-refractivity contribution in [3.05, 3.63) is 29.1 Å². The fraction of sp³-hybridized carbons (Fsp3) is 0.533. The lowest BCUT2D eigenvalue weighted by atomic mass is 10.2. The number of halogens is 5. The minimum atomic E-state index is -4.61. The number of ether oxygens (including phenoxy) is 1. The number of likely N-dealkylation sites (N-methyl/N-ethyl adjacent to an activating group) is 1. The van der Waals surface area contributed by atoms with Gasteiger partial charge in [0.1, 0.15) is 0 Å². The number of carbonyl (C=O) groups is 1. The summed E-state index contributed by atoms with van der Waals surface area (Å²) in [6, 6.07) is 0. The highest BCUT2D eigenvalue weighted by Gasteiger charge is 2.31. The Kier molecular flexibility index (Phi) is 11.1. The third-order valence-electron chi connectivity index (χ3n) is 2.80. The van der Waals surface area contributed by atoms with Crippen LogP contribution >= 0.6 is 7.82 Å². The van der Waals surface area contributed by atoms with Crippen LogP contribution in [0.15, 0.2) is 0 Å². The largest absolute Gasteiger partial charge is 0.756 e. The zero-order valence-corrected chi connectivity index (χ0v) is 14.7. The summed E-state index contributed by atoms with van der Waals surface area (Å²) in [5.74, 6) is -14.7. The van der Waals surface area contributed by atoms with Crippen molar-refractivity contribution >= 4 is 13.8 Å². The van der Waals surface area contributed by atoms with Gasteiger partial charge in [0.15, 0.2) is 13.3 Å². The van der Waals surface area contributed by atoms with Crippen LogP contribution < -0.4 is 9.63 Å². The Bertz CT molecular complexity index is 717. The van der Waals surface area contributed by atoms with Gasteiger partial charge in [-0.3, -0.25) is 13.6 Å². The Hall–Kier alpha value is -1.59. The molecular weight excluding hydrogens is 416 g/mol. The highest BCUT2D eigenvalue weighted by atomic mass is 31.2. The molecule has 0 spiro atoms. The van der Waals surface area contributed by atoms with Crippen molar-refractivity contribution in [1.29, 1.82) is 0 Å².